The first-order chi connectivity index (χ1) is 13.0. The maximum Gasteiger partial charge on any atom is 0.208 e. The van der Waals surface area contributed by atoms with Crippen molar-refractivity contribution >= 4 is 46.5 Å². The first-order valence-electron chi connectivity index (χ1n) is 7.97. The first kappa shape index (κ1) is 18.2. The molecule has 0 saturated heterocycles. The van der Waals surface area contributed by atoms with Crippen LogP contribution in [0.4, 0.5) is 14.5 Å². The van der Waals surface area contributed by atoms with Gasteiger partial charge in [0.2, 0.25) is 5.96 Å². The zero-order chi connectivity index (χ0) is 19.0. The van der Waals surface area contributed by atoms with Crippen molar-refractivity contribution in [2.24, 2.45) is 4.40 Å². The van der Waals surface area contributed by atoms with Gasteiger partial charge in [0.25, 0.3) is 0 Å². The molecular weight excluding hydrogens is 410 g/mol. The fourth-order valence-electron chi connectivity index (χ4n) is 2.72. The summed E-state index contributed by atoms with van der Waals surface area (Å²) in [6, 6.07) is 7.12. The third-order valence-electron chi connectivity index (χ3n) is 4.04. The average molecular weight is 423 g/mol. The van der Waals surface area contributed by atoms with Crippen molar-refractivity contribution in [3.63, 3.8) is 0 Å². The largest absolute Gasteiger partial charge is 0.347 e. The van der Waals surface area contributed by atoms with Gasteiger partial charge in [0.1, 0.15) is 11.6 Å². The third kappa shape index (κ3) is 3.65. The molecule has 2 N–H and O–H groups in total. The Morgan fingerprint density at radius 3 is 2.85 bits per heavy atom. The Bertz CT molecular complexity index is 1020. The number of fused-ring (bicyclic) bond motifs is 1. The van der Waals surface area contributed by atoms with Gasteiger partial charge in [-0.15, -0.1) is 11.3 Å². The fourth-order valence-corrected chi connectivity index (χ4v) is 4.30. The summed E-state index contributed by atoms with van der Waals surface area (Å²) in [4.78, 5) is 4.88. The standard InChI is InChI=1S/C18H13ClF2N4S2/c1-9(14-7-26-8-22-14)23-18-24-17-12(5-10(20)6-15(17)27-25-18)11-3-2-4-13(21)16(11)19/h2-9H,1H3,(H2,23,24,25). The van der Waals surface area contributed by atoms with Crippen molar-refractivity contribution in [3.05, 3.63) is 63.6 Å². The lowest BCUT2D eigenvalue weighted by atomic mass is 10.0. The van der Waals surface area contributed by atoms with E-state index in [0.29, 0.717) is 27.7 Å². The molecule has 1 unspecified atom stereocenters. The minimum Gasteiger partial charge on any atom is -0.347 e. The highest BCUT2D eigenvalue weighted by Gasteiger charge is 2.22. The van der Waals surface area contributed by atoms with Crippen LogP contribution < -0.4 is 10.6 Å². The van der Waals surface area contributed by atoms with E-state index in [-0.39, 0.29) is 11.1 Å². The molecule has 9 heteroatoms. The fraction of sp³-hybridized carbons (Fsp3) is 0.111. The van der Waals surface area contributed by atoms with Crippen LogP contribution in [0.3, 0.4) is 0 Å². The predicted molar refractivity (Wildman–Crippen MR) is 107 cm³/mol. The number of hydrogen-bond donors (Lipinski definition) is 2. The number of nitrogens with one attached hydrogen (secondary N) is 2. The highest BCUT2D eigenvalue weighted by Crippen LogP contribution is 2.42. The number of thiazole rings is 1. The second-order valence-corrected chi connectivity index (χ2v) is 7.77. The molecule has 2 heterocycles. The molecule has 4 nitrogen and oxygen atoms in total. The summed E-state index contributed by atoms with van der Waals surface area (Å²) in [5, 5.41) is 8.32. The second kappa shape index (κ2) is 7.46. The van der Waals surface area contributed by atoms with Crippen LogP contribution >= 0.6 is 34.9 Å². The molecule has 4 rings (SSSR count). The zero-order valence-corrected chi connectivity index (χ0v) is 16.4. The number of hydrogen-bond acceptors (Lipinski definition) is 6. The van der Waals surface area contributed by atoms with Gasteiger partial charge in [-0.25, -0.2) is 13.8 Å². The molecule has 0 saturated carbocycles. The van der Waals surface area contributed by atoms with E-state index in [4.69, 9.17) is 11.6 Å². The summed E-state index contributed by atoms with van der Waals surface area (Å²) in [6.45, 7) is 1.97. The third-order valence-corrected chi connectivity index (χ3v) is 5.82. The maximum absolute atomic E-state index is 14.1. The average Bonchev–Trinajstić information content (AvgIpc) is 3.19. The Balaban J connectivity index is 1.69. The van der Waals surface area contributed by atoms with Crippen LogP contribution in [0.25, 0.3) is 11.1 Å². The van der Waals surface area contributed by atoms with Crippen molar-refractivity contribution in [2.45, 2.75) is 17.9 Å². The lowest BCUT2D eigenvalue weighted by Gasteiger charge is -2.23. The van der Waals surface area contributed by atoms with Gasteiger partial charge in [0.05, 0.1) is 32.9 Å². The van der Waals surface area contributed by atoms with Gasteiger partial charge in [0, 0.05) is 28.5 Å². The van der Waals surface area contributed by atoms with Crippen LogP contribution in [0.2, 0.25) is 5.02 Å². The predicted octanol–water partition coefficient (Wildman–Crippen LogP) is 5.88. The van der Waals surface area contributed by atoms with Crippen LogP contribution in [0.5, 0.6) is 0 Å². The summed E-state index contributed by atoms with van der Waals surface area (Å²) >= 11 is 8.78. The Morgan fingerprint density at radius 2 is 2.07 bits per heavy atom. The molecule has 0 spiro atoms. The van der Waals surface area contributed by atoms with Crippen molar-refractivity contribution < 1.29 is 8.78 Å². The minimum absolute atomic E-state index is 0.0510. The molecular formula is C18H13ClF2N4S2. The molecule has 1 atom stereocenters. The van der Waals surface area contributed by atoms with Crippen LogP contribution in [0, 0.1) is 11.6 Å². The Kier molecular flexibility index (Phi) is 5.03. The van der Waals surface area contributed by atoms with Crippen molar-refractivity contribution in [1.29, 1.82) is 0 Å². The molecule has 0 radical (unpaired) electrons. The highest BCUT2D eigenvalue weighted by atomic mass is 35.5. The molecule has 0 fully saturated rings. The highest BCUT2D eigenvalue weighted by molar-refractivity contribution is 7.98. The Morgan fingerprint density at radius 1 is 1.22 bits per heavy atom. The summed E-state index contributed by atoms with van der Waals surface area (Å²) in [6.07, 6.45) is 0. The summed E-state index contributed by atoms with van der Waals surface area (Å²) < 4.78 is 32.4. The smallest absolute Gasteiger partial charge is 0.208 e. The van der Waals surface area contributed by atoms with E-state index < -0.39 is 11.6 Å². The Labute approximate surface area is 167 Å². The Hall–Kier alpha value is -2.16. The van der Waals surface area contributed by atoms with Gasteiger partial charge in [-0.3, -0.25) is 0 Å². The van der Waals surface area contributed by atoms with Crippen molar-refractivity contribution in [1.82, 2.24) is 10.3 Å². The number of guanidine groups is 1. The summed E-state index contributed by atoms with van der Waals surface area (Å²) in [7, 11) is 0. The monoisotopic (exact) mass is 422 g/mol. The number of anilines is 1. The van der Waals surface area contributed by atoms with E-state index in [2.05, 4.69) is 20.0 Å². The molecule has 0 aliphatic carbocycles. The lowest BCUT2D eigenvalue weighted by Crippen LogP contribution is -2.34. The quantitative estimate of drug-likeness (QED) is 0.517. The van der Waals surface area contributed by atoms with Gasteiger partial charge in [0.15, 0.2) is 0 Å². The number of benzene rings is 2. The van der Waals surface area contributed by atoms with E-state index >= 15 is 0 Å². The van der Waals surface area contributed by atoms with E-state index in [1.165, 1.54) is 29.5 Å². The molecule has 1 aliphatic heterocycles. The molecule has 1 aliphatic rings. The summed E-state index contributed by atoms with van der Waals surface area (Å²) in [5.74, 6) is -0.492. The molecule has 3 aromatic rings. The van der Waals surface area contributed by atoms with Gasteiger partial charge < -0.3 is 10.6 Å². The maximum atomic E-state index is 14.1. The normalized spacial score (nSPS) is 14.1. The van der Waals surface area contributed by atoms with Gasteiger partial charge in [-0.1, -0.05) is 23.7 Å². The molecule has 0 bridgehead atoms. The van der Waals surface area contributed by atoms with Crippen molar-refractivity contribution in [2.75, 3.05) is 5.32 Å². The number of halogens is 3. The minimum atomic E-state index is -0.556. The number of rotatable bonds is 3. The van der Waals surface area contributed by atoms with Gasteiger partial charge >= 0.3 is 0 Å². The van der Waals surface area contributed by atoms with Gasteiger partial charge in [-0.2, -0.15) is 4.40 Å². The second-order valence-electron chi connectivity index (χ2n) is 5.86. The SMILES string of the molecule is CC(NC1=NSc2cc(F)cc(-c3cccc(F)c3Cl)c2N1)c1cscn1. The molecule has 2 aromatic carbocycles. The molecule has 138 valence electrons. The number of nitrogens with zero attached hydrogens (tertiary/aromatic N) is 2. The van der Waals surface area contributed by atoms with E-state index in [0.717, 1.165) is 17.6 Å². The summed E-state index contributed by atoms with van der Waals surface area (Å²) in [5.41, 5.74) is 4.16. The van der Waals surface area contributed by atoms with Crippen molar-refractivity contribution in [3.8, 4) is 11.1 Å². The number of aromatic nitrogens is 1. The zero-order valence-electron chi connectivity index (χ0n) is 14.0. The van der Waals surface area contributed by atoms with Gasteiger partial charge in [-0.05, 0) is 25.1 Å². The van der Waals surface area contributed by atoms with Crippen LogP contribution in [0.1, 0.15) is 18.7 Å². The molecule has 0 amide bonds. The topological polar surface area (TPSA) is 49.3 Å². The van der Waals surface area contributed by atoms with Crippen LogP contribution in [-0.2, 0) is 0 Å². The lowest BCUT2D eigenvalue weighted by molar-refractivity contribution is 0.624. The molecule has 27 heavy (non-hydrogen) atoms. The molecule has 1 aromatic heterocycles. The van der Waals surface area contributed by atoms with Crippen LogP contribution in [-0.4, -0.2) is 10.9 Å². The van der Waals surface area contributed by atoms with E-state index in [1.54, 1.807) is 17.6 Å². The van der Waals surface area contributed by atoms with E-state index in [1.807, 2.05) is 12.3 Å². The van der Waals surface area contributed by atoms with Crippen LogP contribution in [0.15, 0.2) is 50.5 Å². The first-order valence-corrected chi connectivity index (χ1v) is 10.1. The van der Waals surface area contributed by atoms with E-state index in [9.17, 15) is 8.78 Å².